The van der Waals surface area contributed by atoms with Crippen LogP contribution in [-0.4, -0.2) is 73.8 Å². The number of hydrogen-bond donors (Lipinski definition) is 1. The topological polar surface area (TPSA) is 88.5 Å². The lowest BCUT2D eigenvalue weighted by molar-refractivity contribution is -0.143. The molecule has 0 bridgehead atoms. The number of ketones is 1. The lowest BCUT2D eigenvalue weighted by Gasteiger charge is -2.27. The van der Waals surface area contributed by atoms with Gasteiger partial charge in [-0.2, -0.15) is 0 Å². The molecule has 1 fully saturated rings. The molecule has 0 unspecified atom stereocenters. The number of benzene rings is 3. The SMILES string of the molecule is CCc1cc(C)cc(CC)c1CCCC(=O)CN1C[C@H](c2cc(F)c3c(c2)OCO3)[C@@H](C(=O)O)[C@@H]1c1ccc(OCCN(C)C)cc1. The Labute approximate surface area is 277 Å². The minimum Gasteiger partial charge on any atom is -0.492 e. The summed E-state index contributed by atoms with van der Waals surface area (Å²) in [6, 6.07) is 14.4. The zero-order chi connectivity index (χ0) is 33.7. The van der Waals surface area contributed by atoms with E-state index in [1.807, 2.05) is 48.2 Å². The zero-order valence-corrected chi connectivity index (χ0v) is 28.2. The summed E-state index contributed by atoms with van der Waals surface area (Å²) in [6.45, 7) is 8.04. The number of fused-ring (bicyclic) bond motifs is 1. The van der Waals surface area contributed by atoms with E-state index in [0.717, 1.165) is 37.8 Å². The van der Waals surface area contributed by atoms with Crippen molar-refractivity contribution in [2.75, 3.05) is 47.1 Å². The Balaban J connectivity index is 1.38. The average Bonchev–Trinajstić information content (AvgIpc) is 3.67. The van der Waals surface area contributed by atoms with Gasteiger partial charge in [-0.3, -0.25) is 14.5 Å². The largest absolute Gasteiger partial charge is 0.492 e. The minimum absolute atomic E-state index is 0.0399. The molecule has 0 spiro atoms. The number of Topliss-reactive ketones (excluding diaryl/α,β-unsaturated/α-hetero) is 1. The third-order valence-corrected chi connectivity index (χ3v) is 9.39. The number of hydrogen-bond acceptors (Lipinski definition) is 7. The summed E-state index contributed by atoms with van der Waals surface area (Å²) in [5, 5.41) is 10.6. The maximum atomic E-state index is 15.0. The van der Waals surface area contributed by atoms with Crippen molar-refractivity contribution in [3.8, 4) is 17.2 Å². The molecule has 0 radical (unpaired) electrons. The van der Waals surface area contributed by atoms with Crippen LogP contribution >= 0.6 is 0 Å². The molecule has 1 N–H and O–H groups in total. The molecule has 2 aliphatic heterocycles. The molecule has 0 amide bonds. The number of carbonyl (C=O) groups excluding carboxylic acids is 1. The molecule has 2 aliphatic rings. The van der Waals surface area contributed by atoms with Crippen LogP contribution in [0.1, 0.15) is 72.0 Å². The number of rotatable bonds is 15. The van der Waals surface area contributed by atoms with Crippen LogP contribution in [0.5, 0.6) is 17.2 Å². The van der Waals surface area contributed by atoms with Crippen LogP contribution in [0.2, 0.25) is 0 Å². The molecule has 5 rings (SSSR count). The standard InChI is InChI=1S/C38H47FN2O6/c1-6-25-17-24(3)18-26(7-2)31(25)10-8-9-29(42)21-41-22-32(28-19-33(39)37-34(20-28)46-23-47-37)35(38(43)44)36(41)27-11-13-30(14-12-27)45-16-15-40(4)5/h11-14,17-20,32,35-36H,6-10,15-16,21-23H2,1-5H3,(H,43,44)/t32-,35-,36+/m1/s1. The number of aliphatic carboxylic acids is 1. The summed E-state index contributed by atoms with van der Waals surface area (Å²) in [7, 11) is 3.95. The fourth-order valence-electron chi connectivity index (χ4n) is 7.13. The normalized spacial score (nSPS) is 19.0. The van der Waals surface area contributed by atoms with Gasteiger partial charge in [-0.1, -0.05) is 43.7 Å². The Morgan fingerprint density at radius 3 is 2.36 bits per heavy atom. The highest BCUT2D eigenvalue weighted by molar-refractivity contribution is 5.81. The van der Waals surface area contributed by atoms with Gasteiger partial charge >= 0.3 is 5.97 Å². The Morgan fingerprint density at radius 2 is 1.72 bits per heavy atom. The first-order valence-corrected chi connectivity index (χ1v) is 16.7. The van der Waals surface area contributed by atoms with Crippen molar-refractivity contribution in [3.63, 3.8) is 0 Å². The van der Waals surface area contributed by atoms with Crippen molar-refractivity contribution in [2.45, 2.75) is 64.8 Å². The molecule has 1 saturated heterocycles. The quantitative estimate of drug-likeness (QED) is 0.204. The highest BCUT2D eigenvalue weighted by atomic mass is 19.1. The summed E-state index contributed by atoms with van der Waals surface area (Å²) in [5.74, 6) is -2.03. The van der Waals surface area contributed by atoms with Gasteiger partial charge in [0.2, 0.25) is 12.5 Å². The molecule has 252 valence electrons. The Kier molecular flexibility index (Phi) is 11.2. The predicted molar refractivity (Wildman–Crippen MR) is 179 cm³/mol. The second kappa shape index (κ2) is 15.3. The predicted octanol–water partition coefficient (Wildman–Crippen LogP) is 6.36. The van der Waals surface area contributed by atoms with Gasteiger partial charge in [-0.05, 0) is 98.8 Å². The van der Waals surface area contributed by atoms with Gasteiger partial charge in [0.05, 0.1) is 12.5 Å². The van der Waals surface area contributed by atoms with E-state index in [1.54, 1.807) is 6.07 Å². The van der Waals surface area contributed by atoms with Crippen LogP contribution in [0.3, 0.4) is 0 Å². The summed E-state index contributed by atoms with van der Waals surface area (Å²) in [6.07, 6.45) is 3.84. The van der Waals surface area contributed by atoms with Gasteiger partial charge in [-0.25, -0.2) is 4.39 Å². The number of nitrogens with zero attached hydrogens (tertiary/aromatic N) is 2. The van der Waals surface area contributed by atoms with E-state index in [9.17, 15) is 14.7 Å². The minimum atomic E-state index is -1.00. The lowest BCUT2D eigenvalue weighted by Crippen LogP contribution is -2.32. The molecule has 47 heavy (non-hydrogen) atoms. The van der Waals surface area contributed by atoms with Crippen LogP contribution in [0.15, 0.2) is 48.5 Å². The molecule has 9 heteroatoms. The maximum absolute atomic E-state index is 15.0. The van der Waals surface area contributed by atoms with Gasteiger partial charge in [0.15, 0.2) is 11.6 Å². The number of halogens is 1. The Morgan fingerprint density at radius 1 is 1.02 bits per heavy atom. The van der Waals surface area contributed by atoms with Gasteiger partial charge in [0.1, 0.15) is 18.1 Å². The Hall–Kier alpha value is -3.95. The highest BCUT2D eigenvalue weighted by Crippen LogP contribution is 2.48. The van der Waals surface area contributed by atoms with Gasteiger partial charge in [0.25, 0.3) is 0 Å². The molecular formula is C38H47FN2O6. The van der Waals surface area contributed by atoms with Crippen molar-refractivity contribution in [2.24, 2.45) is 5.92 Å². The third-order valence-electron chi connectivity index (χ3n) is 9.39. The van der Waals surface area contributed by atoms with Crippen LogP contribution in [0, 0.1) is 18.7 Å². The first-order chi connectivity index (χ1) is 22.6. The number of carboxylic acid groups (broad SMARTS) is 1. The van der Waals surface area contributed by atoms with Gasteiger partial charge in [0, 0.05) is 31.5 Å². The summed E-state index contributed by atoms with van der Waals surface area (Å²) < 4.78 is 31.6. The van der Waals surface area contributed by atoms with E-state index in [-0.39, 0.29) is 37.2 Å². The summed E-state index contributed by atoms with van der Waals surface area (Å²) in [5.41, 5.74) is 6.57. The fraction of sp³-hybridized carbons (Fsp3) is 0.474. The van der Waals surface area contributed by atoms with E-state index in [0.29, 0.717) is 24.3 Å². The molecule has 3 aromatic rings. The van der Waals surface area contributed by atoms with E-state index >= 15 is 4.39 Å². The summed E-state index contributed by atoms with van der Waals surface area (Å²) in [4.78, 5) is 30.5. The zero-order valence-electron chi connectivity index (χ0n) is 28.2. The third kappa shape index (κ3) is 7.96. The first kappa shape index (κ1) is 34.4. The summed E-state index contributed by atoms with van der Waals surface area (Å²) >= 11 is 0. The molecule has 3 aromatic carbocycles. The van der Waals surface area contributed by atoms with Crippen LogP contribution in [0.25, 0.3) is 0 Å². The monoisotopic (exact) mass is 646 g/mol. The Bertz CT molecular complexity index is 1550. The van der Waals surface area contributed by atoms with Crippen LogP contribution in [0.4, 0.5) is 4.39 Å². The number of aryl methyl sites for hydroxylation is 3. The van der Waals surface area contributed by atoms with Gasteiger partial charge in [-0.15, -0.1) is 0 Å². The van der Waals surface area contributed by atoms with Crippen molar-refractivity contribution < 1.29 is 33.3 Å². The number of carbonyl (C=O) groups is 2. The van der Waals surface area contributed by atoms with E-state index in [2.05, 4.69) is 32.9 Å². The fourth-order valence-corrected chi connectivity index (χ4v) is 7.13. The highest BCUT2D eigenvalue weighted by Gasteiger charge is 2.48. The second-order valence-corrected chi connectivity index (χ2v) is 13.0. The molecular weight excluding hydrogens is 599 g/mol. The van der Waals surface area contributed by atoms with Crippen molar-refractivity contribution in [1.82, 2.24) is 9.80 Å². The number of likely N-dealkylation sites (tertiary alicyclic amines) is 1. The smallest absolute Gasteiger partial charge is 0.309 e. The van der Waals surface area contributed by atoms with Crippen molar-refractivity contribution in [3.05, 3.63) is 87.7 Å². The molecule has 3 atom stereocenters. The number of likely N-dealkylation sites (N-methyl/N-ethyl adjacent to an activating group) is 1. The van der Waals surface area contributed by atoms with E-state index in [4.69, 9.17) is 14.2 Å². The van der Waals surface area contributed by atoms with Crippen molar-refractivity contribution >= 4 is 11.8 Å². The van der Waals surface area contributed by atoms with Crippen molar-refractivity contribution in [1.29, 1.82) is 0 Å². The molecule has 0 saturated carbocycles. The molecule has 0 aliphatic carbocycles. The molecule has 8 nitrogen and oxygen atoms in total. The van der Waals surface area contributed by atoms with E-state index < -0.39 is 29.7 Å². The molecule has 0 aromatic heterocycles. The van der Waals surface area contributed by atoms with Gasteiger partial charge < -0.3 is 24.2 Å². The second-order valence-electron chi connectivity index (χ2n) is 13.0. The van der Waals surface area contributed by atoms with Crippen LogP contribution in [-0.2, 0) is 28.9 Å². The lowest BCUT2D eigenvalue weighted by atomic mass is 9.82. The molecule has 2 heterocycles. The maximum Gasteiger partial charge on any atom is 0.309 e. The number of carboxylic acids is 1. The van der Waals surface area contributed by atoms with Crippen LogP contribution < -0.4 is 14.2 Å². The average molecular weight is 647 g/mol. The first-order valence-electron chi connectivity index (χ1n) is 16.7. The van der Waals surface area contributed by atoms with E-state index in [1.165, 1.54) is 28.3 Å². The number of ether oxygens (including phenoxy) is 3.